The Morgan fingerprint density at radius 3 is 2.64 bits per heavy atom. The van der Waals surface area contributed by atoms with Crippen molar-refractivity contribution in [2.45, 2.75) is 33.2 Å². The first-order valence-electron chi connectivity index (χ1n) is 7.05. The Hall–Kier alpha value is -2.37. The fourth-order valence-corrected chi connectivity index (χ4v) is 2.11. The smallest absolute Gasteiger partial charge is 0.338 e. The molecule has 0 saturated heterocycles. The van der Waals surface area contributed by atoms with Gasteiger partial charge in [0.25, 0.3) is 0 Å². The Bertz CT molecular complexity index is 702. The molecule has 1 aromatic carbocycles. The molecule has 0 radical (unpaired) electrons. The van der Waals surface area contributed by atoms with Crippen LogP contribution in [0.25, 0.3) is 11.1 Å². The summed E-state index contributed by atoms with van der Waals surface area (Å²) < 4.78 is 21.1. The lowest BCUT2D eigenvalue weighted by Gasteiger charge is -2.18. The Morgan fingerprint density at radius 1 is 1.41 bits per heavy atom. The molecule has 0 unspecified atom stereocenters. The number of carbonyl (C=O) groups excluding carboxylic acids is 1. The van der Waals surface area contributed by atoms with Gasteiger partial charge in [-0.3, -0.25) is 4.68 Å². The highest BCUT2D eigenvalue weighted by molar-refractivity contribution is 5.98. The van der Waals surface area contributed by atoms with Crippen LogP contribution in [-0.2, 0) is 10.3 Å². The number of hydrogen-bond acceptors (Lipinski definition) is 4. The molecular weight excluding hydrogens is 285 g/mol. The lowest BCUT2D eigenvalue weighted by molar-refractivity contribution is 0.0527. The van der Waals surface area contributed by atoms with E-state index in [1.54, 1.807) is 17.8 Å². The Kier molecular flexibility index (Phi) is 4.21. The van der Waals surface area contributed by atoms with Gasteiger partial charge in [0.15, 0.2) is 0 Å². The van der Waals surface area contributed by atoms with Crippen molar-refractivity contribution in [2.24, 2.45) is 0 Å². The molecule has 2 rings (SSSR count). The van der Waals surface area contributed by atoms with E-state index in [4.69, 9.17) is 10.5 Å². The topological polar surface area (TPSA) is 70.1 Å². The van der Waals surface area contributed by atoms with Crippen LogP contribution in [0.3, 0.4) is 0 Å². The number of nitrogens with two attached hydrogens (primary N) is 1. The molecule has 2 N–H and O–H groups in total. The molecular formula is C16H20FN3O2. The standard InChI is InChI=1S/C16H20FN3O2/c1-5-22-15(21)12-6-11(18)7-13(17)14(12)10-8-19-20(9-10)16(2,3)4/h6-9H,5,18H2,1-4H3. The molecule has 0 amide bonds. The number of rotatable bonds is 3. The van der Waals surface area contributed by atoms with Crippen molar-refractivity contribution in [2.75, 3.05) is 12.3 Å². The Morgan fingerprint density at radius 2 is 2.09 bits per heavy atom. The second-order valence-electron chi connectivity index (χ2n) is 5.99. The van der Waals surface area contributed by atoms with E-state index < -0.39 is 11.8 Å². The first-order valence-corrected chi connectivity index (χ1v) is 7.05. The summed E-state index contributed by atoms with van der Waals surface area (Å²) in [7, 11) is 0. The molecule has 0 spiro atoms. The van der Waals surface area contributed by atoms with E-state index in [9.17, 15) is 9.18 Å². The maximum absolute atomic E-state index is 14.4. The Labute approximate surface area is 128 Å². The molecule has 0 aliphatic carbocycles. The molecule has 1 heterocycles. The Balaban J connectivity index is 2.59. The van der Waals surface area contributed by atoms with Gasteiger partial charge in [0.1, 0.15) is 5.82 Å². The number of benzene rings is 1. The summed E-state index contributed by atoms with van der Waals surface area (Å²) in [5.74, 6) is -1.18. The molecule has 0 aliphatic heterocycles. The van der Waals surface area contributed by atoms with Crippen LogP contribution in [0, 0.1) is 5.82 Å². The van der Waals surface area contributed by atoms with Gasteiger partial charge in [-0.05, 0) is 39.8 Å². The quantitative estimate of drug-likeness (QED) is 0.698. The highest BCUT2D eigenvalue weighted by Crippen LogP contribution is 2.30. The number of aromatic nitrogens is 2. The lowest BCUT2D eigenvalue weighted by atomic mass is 10.0. The van der Waals surface area contributed by atoms with Gasteiger partial charge in [-0.1, -0.05) is 0 Å². The minimum Gasteiger partial charge on any atom is -0.462 e. The first-order chi connectivity index (χ1) is 10.2. The number of carbonyl (C=O) groups is 1. The molecule has 0 atom stereocenters. The molecule has 2 aromatic rings. The molecule has 22 heavy (non-hydrogen) atoms. The van der Waals surface area contributed by atoms with Gasteiger partial charge < -0.3 is 10.5 Å². The van der Waals surface area contributed by atoms with E-state index >= 15 is 0 Å². The van der Waals surface area contributed by atoms with E-state index in [0.29, 0.717) is 5.56 Å². The number of ether oxygens (including phenoxy) is 1. The molecule has 0 saturated carbocycles. The van der Waals surface area contributed by atoms with Crippen molar-refractivity contribution in [3.63, 3.8) is 0 Å². The number of hydrogen-bond donors (Lipinski definition) is 1. The third kappa shape index (κ3) is 3.10. The summed E-state index contributed by atoms with van der Waals surface area (Å²) in [6, 6.07) is 2.61. The number of nitrogen functional groups attached to an aromatic ring is 1. The number of esters is 1. The summed E-state index contributed by atoms with van der Waals surface area (Å²) in [5.41, 5.74) is 6.35. The van der Waals surface area contributed by atoms with Crippen LogP contribution in [0.5, 0.6) is 0 Å². The summed E-state index contributed by atoms with van der Waals surface area (Å²) in [6.07, 6.45) is 3.24. The van der Waals surface area contributed by atoms with Gasteiger partial charge in [-0.15, -0.1) is 0 Å². The van der Waals surface area contributed by atoms with Gasteiger partial charge in [-0.2, -0.15) is 5.10 Å². The van der Waals surface area contributed by atoms with Crippen molar-refractivity contribution in [3.05, 3.63) is 35.9 Å². The van der Waals surface area contributed by atoms with Crippen LogP contribution >= 0.6 is 0 Å². The van der Waals surface area contributed by atoms with Crippen molar-refractivity contribution in [1.29, 1.82) is 0 Å². The van der Waals surface area contributed by atoms with Crippen LogP contribution in [-0.4, -0.2) is 22.4 Å². The lowest BCUT2D eigenvalue weighted by Crippen LogP contribution is -2.21. The molecule has 0 fully saturated rings. The molecule has 118 valence electrons. The normalized spacial score (nSPS) is 11.5. The number of halogens is 1. The summed E-state index contributed by atoms with van der Waals surface area (Å²) in [4.78, 5) is 12.1. The van der Waals surface area contributed by atoms with Gasteiger partial charge in [0.2, 0.25) is 0 Å². The zero-order valence-corrected chi connectivity index (χ0v) is 13.2. The van der Waals surface area contributed by atoms with Crippen molar-refractivity contribution >= 4 is 11.7 Å². The molecule has 6 heteroatoms. The predicted octanol–water partition coefficient (Wildman–Crippen LogP) is 3.20. The van der Waals surface area contributed by atoms with Gasteiger partial charge in [0.05, 0.1) is 23.9 Å². The van der Waals surface area contributed by atoms with Crippen molar-refractivity contribution in [1.82, 2.24) is 9.78 Å². The van der Waals surface area contributed by atoms with Crippen molar-refractivity contribution < 1.29 is 13.9 Å². The molecule has 0 aliphatic rings. The van der Waals surface area contributed by atoms with Crippen LogP contribution in [0.4, 0.5) is 10.1 Å². The minimum absolute atomic E-state index is 0.104. The monoisotopic (exact) mass is 305 g/mol. The second kappa shape index (κ2) is 5.79. The highest BCUT2D eigenvalue weighted by atomic mass is 19.1. The number of nitrogens with zero attached hydrogens (tertiary/aromatic N) is 2. The maximum Gasteiger partial charge on any atom is 0.338 e. The average molecular weight is 305 g/mol. The van der Waals surface area contributed by atoms with Gasteiger partial charge in [0, 0.05) is 23.0 Å². The summed E-state index contributed by atoms with van der Waals surface area (Å²) in [6.45, 7) is 7.84. The van der Waals surface area contributed by atoms with Gasteiger partial charge >= 0.3 is 5.97 Å². The second-order valence-corrected chi connectivity index (χ2v) is 5.99. The fraction of sp³-hybridized carbons (Fsp3) is 0.375. The fourth-order valence-electron chi connectivity index (χ4n) is 2.11. The van der Waals surface area contributed by atoms with Crippen LogP contribution < -0.4 is 5.73 Å². The largest absolute Gasteiger partial charge is 0.462 e. The van der Waals surface area contributed by atoms with Crippen molar-refractivity contribution in [3.8, 4) is 11.1 Å². The van der Waals surface area contributed by atoms with Crippen LogP contribution in [0.15, 0.2) is 24.5 Å². The van der Waals surface area contributed by atoms with E-state index in [1.807, 2.05) is 20.8 Å². The van der Waals surface area contributed by atoms with E-state index in [-0.39, 0.29) is 29.0 Å². The SMILES string of the molecule is CCOC(=O)c1cc(N)cc(F)c1-c1cnn(C(C)(C)C)c1. The molecule has 0 bridgehead atoms. The molecule has 1 aromatic heterocycles. The van der Waals surface area contributed by atoms with Crippen LogP contribution in [0.2, 0.25) is 0 Å². The van der Waals surface area contributed by atoms with Crippen LogP contribution in [0.1, 0.15) is 38.1 Å². The zero-order valence-electron chi connectivity index (χ0n) is 13.2. The van der Waals surface area contributed by atoms with E-state index in [2.05, 4.69) is 5.10 Å². The first kappa shape index (κ1) is 16.0. The molecule has 5 nitrogen and oxygen atoms in total. The zero-order chi connectivity index (χ0) is 16.5. The third-order valence-electron chi connectivity index (χ3n) is 3.17. The third-order valence-corrected chi connectivity index (χ3v) is 3.17. The highest BCUT2D eigenvalue weighted by Gasteiger charge is 2.22. The average Bonchev–Trinajstić information content (AvgIpc) is 2.87. The van der Waals surface area contributed by atoms with Gasteiger partial charge in [-0.25, -0.2) is 9.18 Å². The van der Waals surface area contributed by atoms with E-state index in [1.165, 1.54) is 18.3 Å². The maximum atomic E-state index is 14.4. The summed E-state index contributed by atoms with van der Waals surface area (Å²) >= 11 is 0. The predicted molar refractivity (Wildman–Crippen MR) is 83.0 cm³/mol. The minimum atomic E-state index is -0.604. The summed E-state index contributed by atoms with van der Waals surface area (Å²) in [5, 5.41) is 4.24. The van der Waals surface area contributed by atoms with E-state index in [0.717, 1.165) is 0 Å². The number of anilines is 1.